The first-order chi connectivity index (χ1) is 10.2. The van der Waals surface area contributed by atoms with E-state index in [1.54, 1.807) is 18.0 Å². The van der Waals surface area contributed by atoms with E-state index >= 15 is 0 Å². The summed E-state index contributed by atoms with van der Waals surface area (Å²) in [5, 5.41) is 8.30. The number of benzene rings is 1. The number of nitrogens with zero attached hydrogens (tertiary/aromatic N) is 4. The van der Waals surface area contributed by atoms with Crippen molar-refractivity contribution in [3.05, 3.63) is 36.5 Å². The predicted molar refractivity (Wildman–Crippen MR) is 79.0 cm³/mol. The normalized spacial score (nSPS) is 11.0. The van der Waals surface area contributed by atoms with Crippen molar-refractivity contribution in [3.8, 4) is 17.2 Å². The van der Waals surface area contributed by atoms with Crippen LogP contribution < -0.4 is 9.47 Å². The van der Waals surface area contributed by atoms with Crippen molar-refractivity contribution in [1.29, 1.82) is 0 Å². The van der Waals surface area contributed by atoms with Gasteiger partial charge in [-0.25, -0.2) is 4.98 Å². The van der Waals surface area contributed by atoms with E-state index < -0.39 is 0 Å². The van der Waals surface area contributed by atoms with Crippen molar-refractivity contribution in [2.24, 2.45) is 0 Å². The minimum Gasteiger partial charge on any atom is -0.497 e. The molecular formula is C15H16N4O2. The molecule has 6 nitrogen and oxygen atoms in total. The van der Waals surface area contributed by atoms with Crippen LogP contribution in [0.5, 0.6) is 11.5 Å². The number of aromatic nitrogens is 4. The quantitative estimate of drug-likeness (QED) is 0.737. The zero-order valence-corrected chi connectivity index (χ0v) is 12.1. The minimum absolute atomic E-state index is 0.0555. The zero-order valence-electron chi connectivity index (χ0n) is 12.1. The molecule has 1 aromatic carbocycles. The van der Waals surface area contributed by atoms with Crippen molar-refractivity contribution >= 4 is 11.2 Å². The first-order valence-corrected chi connectivity index (χ1v) is 6.70. The van der Waals surface area contributed by atoms with Crippen LogP contribution in [0.15, 0.2) is 36.5 Å². The SMILES string of the molecule is COc1ccc(OC(C)C)c(-n2nnc3cccnc32)c1. The Hall–Kier alpha value is -2.63. The van der Waals surface area contributed by atoms with Crippen LogP contribution in [0.1, 0.15) is 13.8 Å². The lowest BCUT2D eigenvalue weighted by molar-refractivity contribution is 0.241. The van der Waals surface area contributed by atoms with Crippen LogP contribution in [-0.2, 0) is 0 Å². The third kappa shape index (κ3) is 2.52. The average Bonchev–Trinajstić information content (AvgIpc) is 2.91. The van der Waals surface area contributed by atoms with Gasteiger partial charge >= 0.3 is 0 Å². The van der Waals surface area contributed by atoms with Crippen molar-refractivity contribution in [2.45, 2.75) is 20.0 Å². The highest BCUT2D eigenvalue weighted by molar-refractivity contribution is 5.72. The molecule has 0 spiro atoms. The van der Waals surface area contributed by atoms with Gasteiger partial charge in [0.25, 0.3) is 0 Å². The van der Waals surface area contributed by atoms with Crippen molar-refractivity contribution < 1.29 is 9.47 Å². The van der Waals surface area contributed by atoms with E-state index in [2.05, 4.69) is 15.3 Å². The fourth-order valence-electron chi connectivity index (χ4n) is 2.07. The van der Waals surface area contributed by atoms with Crippen LogP contribution in [0.2, 0.25) is 0 Å². The fraction of sp³-hybridized carbons (Fsp3) is 0.267. The molecule has 3 aromatic rings. The molecule has 0 aliphatic rings. The number of ether oxygens (including phenoxy) is 2. The van der Waals surface area contributed by atoms with E-state index in [1.165, 1.54) is 0 Å². The smallest absolute Gasteiger partial charge is 0.183 e. The molecular weight excluding hydrogens is 268 g/mol. The number of hydrogen-bond acceptors (Lipinski definition) is 5. The van der Waals surface area contributed by atoms with Crippen LogP contribution in [0.4, 0.5) is 0 Å². The van der Waals surface area contributed by atoms with E-state index in [4.69, 9.17) is 9.47 Å². The van der Waals surface area contributed by atoms with Crippen LogP contribution in [0, 0.1) is 0 Å². The lowest BCUT2D eigenvalue weighted by Gasteiger charge is -2.15. The van der Waals surface area contributed by atoms with Crippen LogP contribution in [0.25, 0.3) is 16.9 Å². The van der Waals surface area contributed by atoms with E-state index in [0.29, 0.717) is 11.4 Å². The summed E-state index contributed by atoms with van der Waals surface area (Å²) in [5.41, 5.74) is 2.17. The average molecular weight is 284 g/mol. The summed E-state index contributed by atoms with van der Waals surface area (Å²) in [6.45, 7) is 3.96. The first kappa shape index (κ1) is 13.4. The van der Waals surface area contributed by atoms with Gasteiger partial charge < -0.3 is 9.47 Å². The number of pyridine rings is 1. The summed E-state index contributed by atoms with van der Waals surface area (Å²) < 4.78 is 12.8. The second-order valence-electron chi connectivity index (χ2n) is 4.85. The number of fused-ring (bicyclic) bond motifs is 1. The number of methoxy groups -OCH3 is 1. The maximum absolute atomic E-state index is 5.85. The first-order valence-electron chi connectivity index (χ1n) is 6.70. The molecule has 0 bridgehead atoms. The third-order valence-electron chi connectivity index (χ3n) is 2.97. The molecule has 2 aromatic heterocycles. The Labute approximate surface area is 122 Å². The van der Waals surface area contributed by atoms with E-state index in [9.17, 15) is 0 Å². The van der Waals surface area contributed by atoms with Crippen molar-refractivity contribution in [2.75, 3.05) is 7.11 Å². The largest absolute Gasteiger partial charge is 0.497 e. The molecule has 21 heavy (non-hydrogen) atoms. The minimum atomic E-state index is 0.0555. The molecule has 0 saturated carbocycles. The molecule has 6 heteroatoms. The molecule has 3 rings (SSSR count). The summed E-state index contributed by atoms with van der Waals surface area (Å²) in [7, 11) is 1.62. The van der Waals surface area contributed by atoms with Gasteiger partial charge in [0.05, 0.1) is 13.2 Å². The Morgan fingerprint density at radius 1 is 1.19 bits per heavy atom. The molecule has 0 aliphatic carbocycles. The van der Waals surface area contributed by atoms with Gasteiger partial charge in [-0.05, 0) is 38.1 Å². The maximum Gasteiger partial charge on any atom is 0.183 e. The summed E-state index contributed by atoms with van der Waals surface area (Å²) in [6.07, 6.45) is 1.77. The van der Waals surface area contributed by atoms with Gasteiger partial charge in [0.2, 0.25) is 0 Å². The van der Waals surface area contributed by atoms with Gasteiger partial charge in [-0.2, -0.15) is 4.68 Å². The van der Waals surface area contributed by atoms with Gasteiger partial charge in [-0.3, -0.25) is 0 Å². The highest BCUT2D eigenvalue weighted by Gasteiger charge is 2.14. The summed E-state index contributed by atoms with van der Waals surface area (Å²) in [6, 6.07) is 9.28. The lowest BCUT2D eigenvalue weighted by atomic mass is 10.2. The number of rotatable bonds is 4. The Morgan fingerprint density at radius 3 is 2.81 bits per heavy atom. The Morgan fingerprint density at radius 2 is 2.05 bits per heavy atom. The maximum atomic E-state index is 5.85. The van der Waals surface area contributed by atoms with Crippen molar-refractivity contribution in [3.63, 3.8) is 0 Å². The Balaban J connectivity index is 2.19. The standard InChI is InChI=1S/C15H16N4O2/c1-10(2)21-14-7-6-11(20-3)9-13(14)19-15-12(17-18-19)5-4-8-16-15/h4-10H,1-3H3. The highest BCUT2D eigenvalue weighted by Crippen LogP contribution is 2.29. The van der Waals surface area contributed by atoms with Gasteiger partial charge in [-0.15, -0.1) is 5.10 Å². The lowest BCUT2D eigenvalue weighted by Crippen LogP contribution is -2.09. The Kier molecular flexibility index (Phi) is 3.43. The van der Waals surface area contributed by atoms with Gasteiger partial charge in [0, 0.05) is 12.3 Å². The molecule has 0 saturated heterocycles. The van der Waals surface area contributed by atoms with E-state index in [1.807, 2.05) is 44.2 Å². The highest BCUT2D eigenvalue weighted by atomic mass is 16.5. The van der Waals surface area contributed by atoms with E-state index in [-0.39, 0.29) is 6.10 Å². The Bertz CT molecular complexity index is 767. The molecule has 2 heterocycles. The molecule has 0 atom stereocenters. The third-order valence-corrected chi connectivity index (χ3v) is 2.97. The molecule has 0 radical (unpaired) electrons. The topological polar surface area (TPSA) is 62.1 Å². The predicted octanol–water partition coefficient (Wildman–Crippen LogP) is 2.61. The monoisotopic (exact) mass is 284 g/mol. The van der Waals surface area contributed by atoms with Crippen LogP contribution >= 0.6 is 0 Å². The van der Waals surface area contributed by atoms with Crippen molar-refractivity contribution in [1.82, 2.24) is 20.0 Å². The molecule has 0 unspecified atom stereocenters. The molecule has 0 amide bonds. The summed E-state index contributed by atoms with van der Waals surface area (Å²) >= 11 is 0. The molecule has 108 valence electrons. The molecule has 0 N–H and O–H groups in total. The van der Waals surface area contributed by atoms with Crippen LogP contribution in [0.3, 0.4) is 0 Å². The number of hydrogen-bond donors (Lipinski definition) is 0. The van der Waals surface area contributed by atoms with E-state index in [0.717, 1.165) is 17.0 Å². The summed E-state index contributed by atoms with van der Waals surface area (Å²) in [5.74, 6) is 1.43. The second-order valence-corrected chi connectivity index (χ2v) is 4.85. The molecule has 0 fully saturated rings. The summed E-state index contributed by atoms with van der Waals surface area (Å²) in [4.78, 5) is 4.33. The fourth-order valence-corrected chi connectivity index (χ4v) is 2.07. The van der Waals surface area contributed by atoms with Gasteiger partial charge in [0.15, 0.2) is 5.65 Å². The van der Waals surface area contributed by atoms with Crippen LogP contribution in [-0.4, -0.2) is 33.2 Å². The van der Waals surface area contributed by atoms with Gasteiger partial charge in [-0.1, -0.05) is 5.21 Å². The molecule has 0 aliphatic heterocycles. The van der Waals surface area contributed by atoms with Gasteiger partial charge in [0.1, 0.15) is 22.7 Å². The second kappa shape index (κ2) is 5.40. The zero-order chi connectivity index (χ0) is 14.8.